The van der Waals surface area contributed by atoms with Gasteiger partial charge in [0.1, 0.15) is 17.5 Å². The van der Waals surface area contributed by atoms with E-state index in [1.807, 2.05) is 24.3 Å². The molecule has 0 saturated carbocycles. The molecule has 23 heavy (non-hydrogen) atoms. The summed E-state index contributed by atoms with van der Waals surface area (Å²) >= 11 is 0. The normalized spacial score (nSPS) is 14.3. The molecule has 1 aliphatic rings. The molecule has 0 atom stereocenters. The standard InChI is InChI=1S/C17H17N3O3/c1-22-15-4-2-3-14(11-15)20-6-5-13(12-18)16(20)17(21)19-7-9-23-10-8-19/h2-6,11H,7-10H2,1H3. The molecule has 1 amide bonds. The summed E-state index contributed by atoms with van der Waals surface area (Å²) in [6.07, 6.45) is 1.74. The van der Waals surface area contributed by atoms with Crippen LogP contribution in [0.4, 0.5) is 0 Å². The number of morpholine rings is 1. The Labute approximate surface area is 134 Å². The van der Waals surface area contributed by atoms with Crippen molar-refractivity contribution in [3.8, 4) is 17.5 Å². The van der Waals surface area contributed by atoms with E-state index >= 15 is 0 Å². The highest BCUT2D eigenvalue weighted by Crippen LogP contribution is 2.22. The molecule has 0 bridgehead atoms. The summed E-state index contributed by atoms with van der Waals surface area (Å²) in [7, 11) is 1.59. The van der Waals surface area contributed by atoms with Gasteiger partial charge < -0.3 is 18.9 Å². The first-order chi connectivity index (χ1) is 11.2. The maximum absolute atomic E-state index is 12.9. The lowest BCUT2D eigenvalue weighted by molar-refractivity contribution is 0.0297. The Morgan fingerprint density at radius 1 is 1.30 bits per heavy atom. The van der Waals surface area contributed by atoms with Gasteiger partial charge in [0, 0.05) is 31.0 Å². The van der Waals surface area contributed by atoms with Gasteiger partial charge in [-0.1, -0.05) is 6.07 Å². The fourth-order valence-electron chi connectivity index (χ4n) is 2.63. The Morgan fingerprint density at radius 2 is 2.09 bits per heavy atom. The maximum Gasteiger partial charge on any atom is 0.272 e. The summed E-state index contributed by atoms with van der Waals surface area (Å²) in [5, 5.41) is 9.34. The van der Waals surface area contributed by atoms with E-state index in [2.05, 4.69) is 6.07 Å². The Bertz CT molecular complexity index is 755. The summed E-state index contributed by atoms with van der Waals surface area (Å²) in [5.41, 5.74) is 1.52. The Kier molecular flexibility index (Phi) is 4.31. The second-order valence-electron chi connectivity index (χ2n) is 5.17. The minimum absolute atomic E-state index is 0.155. The topological polar surface area (TPSA) is 67.5 Å². The quantitative estimate of drug-likeness (QED) is 0.867. The molecule has 1 aromatic carbocycles. The zero-order chi connectivity index (χ0) is 16.2. The third kappa shape index (κ3) is 2.91. The van der Waals surface area contributed by atoms with Crippen LogP contribution in [-0.2, 0) is 4.74 Å². The van der Waals surface area contributed by atoms with Gasteiger partial charge in [0.05, 0.1) is 25.9 Å². The second-order valence-corrected chi connectivity index (χ2v) is 5.17. The highest BCUT2D eigenvalue weighted by Gasteiger charge is 2.25. The number of benzene rings is 1. The van der Waals surface area contributed by atoms with Crippen LogP contribution < -0.4 is 4.74 Å². The van der Waals surface area contributed by atoms with Crippen molar-refractivity contribution in [3.05, 3.63) is 47.8 Å². The van der Waals surface area contributed by atoms with Gasteiger partial charge in [0.2, 0.25) is 0 Å². The van der Waals surface area contributed by atoms with Crippen LogP contribution in [0.3, 0.4) is 0 Å². The molecule has 0 radical (unpaired) electrons. The molecule has 1 aliphatic heterocycles. The molecule has 6 nitrogen and oxygen atoms in total. The molecule has 118 valence electrons. The van der Waals surface area contributed by atoms with Gasteiger partial charge in [-0.3, -0.25) is 4.79 Å². The Balaban J connectivity index is 2.03. The number of carbonyl (C=O) groups excluding carboxylic acids is 1. The monoisotopic (exact) mass is 311 g/mol. The number of nitriles is 1. The number of carbonyl (C=O) groups is 1. The van der Waals surface area contributed by atoms with E-state index in [0.717, 1.165) is 5.69 Å². The van der Waals surface area contributed by atoms with E-state index in [4.69, 9.17) is 9.47 Å². The van der Waals surface area contributed by atoms with Crippen molar-refractivity contribution in [2.24, 2.45) is 0 Å². The molecular formula is C17H17N3O3. The van der Waals surface area contributed by atoms with E-state index in [9.17, 15) is 10.1 Å². The molecule has 2 aromatic rings. The van der Waals surface area contributed by atoms with Crippen LogP contribution >= 0.6 is 0 Å². The fourth-order valence-corrected chi connectivity index (χ4v) is 2.63. The van der Waals surface area contributed by atoms with Gasteiger partial charge in [-0.15, -0.1) is 0 Å². The lowest BCUT2D eigenvalue weighted by atomic mass is 10.2. The van der Waals surface area contributed by atoms with E-state index in [1.54, 1.807) is 28.8 Å². The van der Waals surface area contributed by atoms with Crippen LogP contribution in [0.1, 0.15) is 16.1 Å². The van der Waals surface area contributed by atoms with Crippen molar-refractivity contribution in [2.75, 3.05) is 33.4 Å². The highest BCUT2D eigenvalue weighted by molar-refractivity contribution is 5.96. The minimum atomic E-state index is -0.155. The molecular weight excluding hydrogens is 294 g/mol. The lowest BCUT2D eigenvalue weighted by Gasteiger charge is -2.27. The number of nitrogens with zero attached hydrogens (tertiary/aromatic N) is 3. The first-order valence-corrected chi connectivity index (χ1v) is 7.37. The molecule has 0 unspecified atom stereocenters. The first-order valence-electron chi connectivity index (χ1n) is 7.37. The number of rotatable bonds is 3. The molecule has 0 N–H and O–H groups in total. The molecule has 2 heterocycles. The average Bonchev–Trinajstić information content (AvgIpc) is 3.06. The molecule has 1 aromatic heterocycles. The van der Waals surface area contributed by atoms with Gasteiger partial charge in [0.25, 0.3) is 5.91 Å². The largest absolute Gasteiger partial charge is 0.497 e. The van der Waals surface area contributed by atoms with E-state index < -0.39 is 0 Å². The molecule has 6 heteroatoms. The van der Waals surface area contributed by atoms with Crippen molar-refractivity contribution in [1.29, 1.82) is 5.26 Å². The van der Waals surface area contributed by atoms with Gasteiger partial charge in [-0.05, 0) is 18.2 Å². The van der Waals surface area contributed by atoms with E-state index in [1.165, 1.54) is 0 Å². The van der Waals surface area contributed by atoms with Gasteiger partial charge in [-0.2, -0.15) is 5.26 Å². The first kappa shape index (κ1) is 15.1. The number of hydrogen-bond donors (Lipinski definition) is 0. The fraction of sp³-hybridized carbons (Fsp3) is 0.294. The zero-order valence-corrected chi connectivity index (χ0v) is 12.9. The number of aromatic nitrogens is 1. The van der Waals surface area contributed by atoms with E-state index in [-0.39, 0.29) is 5.91 Å². The smallest absolute Gasteiger partial charge is 0.272 e. The van der Waals surface area contributed by atoms with Crippen LogP contribution in [0.2, 0.25) is 0 Å². The van der Waals surface area contributed by atoms with Crippen LogP contribution in [0, 0.1) is 11.3 Å². The summed E-state index contributed by atoms with van der Waals surface area (Å²) in [4.78, 5) is 14.6. The van der Waals surface area contributed by atoms with Crippen LogP contribution in [0.15, 0.2) is 36.5 Å². The lowest BCUT2D eigenvalue weighted by Crippen LogP contribution is -2.41. The Hall–Kier alpha value is -2.78. The second kappa shape index (κ2) is 6.55. The average molecular weight is 311 g/mol. The third-order valence-electron chi connectivity index (χ3n) is 3.84. The van der Waals surface area contributed by atoms with Crippen molar-refractivity contribution in [2.45, 2.75) is 0 Å². The van der Waals surface area contributed by atoms with Crippen molar-refractivity contribution >= 4 is 5.91 Å². The molecule has 0 spiro atoms. The predicted molar refractivity (Wildman–Crippen MR) is 83.8 cm³/mol. The zero-order valence-electron chi connectivity index (χ0n) is 12.9. The third-order valence-corrected chi connectivity index (χ3v) is 3.84. The Morgan fingerprint density at radius 3 is 2.78 bits per heavy atom. The predicted octanol–water partition coefficient (Wildman–Crippen LogP) is 1.83. The summed E-state index contributed by atoms with van der Waals surface area (Å²) in [6.45, 7) is 2.11. The number of ether oxygens (including phenoxy) is 2. The van der Waals surface area contributed by atoms with Crippen molar-refractivity contribution in [3.63, 3.8) is 0 Å². The minimum Gasteiger partial charge on any atom is -0.497 e. The molecule has 3 rings (SSSR count). The van der Waals surface area contributed by atoms with E-state index in [0.29, 0.717) is 43.3 Å². The molecule has 0 aliphatic carbocycles. The maximum atomic E-state index is 12.9. The van der Waals surface area contributed by atoms with Gasteiger partial charge in [0.15, 0.2) is 0 Å². The number of amides is 1. The number of hydrogen-bond acceptors (Lipinski definition) is 4. The van der Waals surface area contributed by atoms with Crippen LogP contribution in [-0.4, -0.2) is 48.8 Å². The van der Waals surface area contributed by atoms with Crippen LogP contribution in [0.5, 0.6) is 5.75 Å². The van der Waals surface area contributed by atoms with Crippen molar-refractivity contribution < 1.29 is 14.3 Å². The summed E-state index contributed by atoms with van der Waals surface area (Å²) in [6, 6.07) is 11.2. The highest BCUT2D eigenvalue weighted by atomic mass is 16.5. The van der Waals surface area contributed by atoms with Gasteiger partial charge >= 0.3 is 0 Å². The molecule has 1 fully saturated rings. The molecule has 1 saturated heterocycles. The number of methoxy groups -OCH3 is 1. The SMILES string of the molecule is COc1cccc(-n2ccc(C#N)c2C(=O)N2CCOCC2)c1. The van der Waals surface area contributed by atoms with Crippen molar-refractivity contribution in [1.82, 2.24) is 9.47 Å². The van der Waals surface area contributed by atoms with Crippen LogP contribution in [0.25, 0.3) is 5.69 Å². The van der Waals surface area contributed by atoms with Gasteiger partial charge in [-0.25, -0.2) is 0 Å². The summed E-state index contributed by atoms with van der Waals surface area (Å²) in [5.74, 6) is 0.539. The summed E-state index contributed by atoms with van der Waals surface area (Å²) < 4.78 is 12.3.